The molecule has 3 aliphatic heterocycles. The molecule has 0 saturated carbocycles. The van der Waals surface area contributed by atoms with Crippen LogP contribution in [0.4, 0.5) is 0 Å². The number of piperazine rings is 1. The van der Waals surface area contributed by atoms with Crippen molar-refractivity contribution in [2.24, 2.45) is 0 Å². The highest BCUT2D eigenvalue weighted by Gasteiger charge is 2.26. The highest BCUT2D eigenvalue weighted by Crippen LogP contribution is 2.26. The van der Waals surface area contributed by atoms with Crippen LogP contribution in [0.15, 0.2) is 47.4 Å². The maximum atomic E-state index is 12.7. The van der Waals surface area contributed by atoms with E-state index in [9.17, 15) is 8.42 Å². The van der Waals surface area contributed by atoms with Crippen molar-refractivity contribution in [3.8, 4) is 11.5 Å². The van der Waals surface area contributed by atoms with Gasteiger partial charge in [-0.15, -0.1) is 0 Å². The number of ether oxygens (including phenoxy) is 3. The van der Waals surface area contributed by atoms with E-state index in [0.29, 0.717) is 43.6 Å². The molecule has 0 aliphatic carbocycles. The Morgan fingerprint density at radius 2 is 1.59 bits per heavy atom. The minimum Gasteiger partial charge on any atom is -0.493 e. The monoisotopic (exact) mass is 487 g/mol. The Hall–Kier alpha value is -2.17. The Bertz CT molecular complexity index is 1060. The van der Waals surface area contributed by atoms with Gasteiger partial charge in [-0.25, -0.2) is 8.42 Å². The first kappa shape index (κ1) is 23.6. The van der Waals surface area contributed by atoms with Crippen LogP contribution < -0.4 is 9.47 Å². The van der Waals surface area contributed by atoms with Crippen molar-refractivity contribution in [2.75, 3.05) is 72.2 Å². The summed E-state index contributed by atoms with van der Waals surface area (Å²) in [6, 6.07) is 13.3. The van der Waals surface area contributed by atoms with Crippen LogP contribution in [-0.2, 0) is 27.7 Å². The van der Waals surface area contributed by atoms with Crippen LogP contribution in [-0.4, -0.2) is 94.8 Å². The lowest BCUT2D eigenvalue weighted by molar-refractivity contribution is 0.0730. The van der Waals surface area contributed by atoms with Gasteiger partial charge in [0.05, 0.1) is 24.7 Å². The number of hydrogen-bond acceptors (Lipinski definition) is 7. The Labute approximate surface area is 202 Å². The van der Waals surface area contributed by atoms with Gasteiger partial charge in [-0.2, -0.15) is 4.31 Å². The van der Waals surface area contributed by atoms with Gasteiger partial charge < -0.3 is 14.2 Å². The van der Waals surface area contributed by atoms with E-state index >= 15 is 0 Å². The zero-order chi connectivity index (χ0) is 23.4. The summed E-state index contributed by atoms with van der Waals surface area (Å²) >= 11 is 0. The Balaban J connectivity index is 1.04. The van der Waals surface area contributed by atoms with E-state index < -0.39 is 10.0 Å². The minimum atomic E-state index is -3.47. The number of sulfonamides is 1. The van der Waals surface area contributed by atoms with Gasteiger partial charge >= 0.3 is 0 Å². The lowest BCUT2D eigenvalue weighted by Gasteiger charge is -2.34. The summed E-state index contributed by atoms with van der Waals surface area (Å²) in [7, 11) is -3.47. The predicted molar refractivity (Wildman–Crippen MR) is 129 cm³/mol. The van der Waals surface area contributed by atoms with E-state index in [0.717, 1.165) is 58.0 Å². The molecule has 184 valence electrons. The van der Waals surface area contributed by atoms with Gasteiger partial charge in [0.1, 0.15) is 18.1 Å². The summed E-state index contributed by atoms with van der Waals surface area (Å²) < 4.78 is 43.7. The average Bonchev–Trinajstić information content (AvgIpc) is 3.34. The fraction of sp³-hybridized carbons (Fsp3) is 0.520. The average molecular weight is 488 g/mol. The van der Waals surface area contributed by atoms with Gasteiger partial charge in [-0.1, -0.05) is 12.1 Å². The molecule has 0 spiro atoms. The maximum Gasteiger partial charge on any atom is 0.243 e. The largest absolute Gasteiger partial charge is 0.493 e. The second-order valence-electron chi connectivity index (χ2n) is 8.99. The molecule has 2 fully saturated rings. The van der Waals surface area contributed by atoms with Crippen LogP contribution in [0.25, 0.3) is 0 Å². The van der Waals surface area contributed by atoms with Crippen molar-refractivity contribution in [2.45, 2.75) is 17.9 Å². The summed E-state index contributed by atoms with van der Waals surface area (Å²) in [5, 5.41) is 0. The Morgan fingerprint density at radius 1 is 0.853 bits per heavy atom. The fourth-order valence-electron chi connectivity index (χ4n) is 4.70. The Kier molecular flexibility index (Phi) is 7.36. The molecule has 0 amide bonds. The molecule has 0 atom stereocenters. The molecule has 3 heterocycles. The van der Waals surface area contributed by atoms with Gasteiger partial charge in [0.25, 0.3) is 0 Å². The smallest absolute Gasteiger partial charge is 0.243 e. The van der Waals surface area contributed by atoms with E-state index in [4.69, 9.17) is 14.2 Å². The second kappa shape index (κ2) is 10.6. The molecule has 0 radical (unpaired) electrons. The summed E-state index contributed by atoms with van der Waals surface area (Å²) in [6.07, 6.45) is 1.02. The molecule has 2 aromatic rings. The zero-order valence-electron chi connectivity index (χ0n) is 19.5. The van der Waals surface area contributed by atoms with Gasteiger partial charge in [0.15, 0.2) is 0 Å². The summed E-state index contributed by atoms with van der Waals surface area (Å²) in [5.74, 6) is 1.74. The number of nitrogens with zero attached hydrogens (tertiary/aromatic N) is 3. The number of rotatable bonds is 8. The molecule has 9 heteroatoms. The quantitative estimate of drug-likeness (QED) is 0.563. The summed E-state index contributed by atoms with van der Waals surface area (Å²) in [4.78, 5) is 5.22. The molecule has 0 unspecified atom stereocenters. The molecule has 0 aromatic heterocycles. The third-order valence-corrected chi connectivity index (χ3v) is 8.65. The minimum absolute atomic E-state index is 0.300. The lowest BCUT2D eigenvalue weighted by atomic mass is 10.1. The molecule has 34 heavy (non-hydrogen) atoms. The van der Waals surface area contributed by atoms with Crippen molar-refractivity contribution >= 4 is 10.0 Å². The molecule has 3 aliphatic rings. The SMILES string of the molecule is O=S(=O)(c1ccc(OCCN2CCN(Cc3ccc4c(c3)CCO4)CC2)cc1)N1CCOCC1. The first-order chi connectivity index (χ1) is 16.6. The second-order valence-corrected chi connectivity index (χ2v) is 10.9. The van der Waals surface area contributed by atoms with E-state index in [2.05, 4.69) is 28.0 Å². The van der Waals surface area contributed by atoms with Crippen molar-refractivity contribution < 1.29 is 22.6 Å². The van der Waals surface area contributed by atoms with E-state index in [-0.39, 0.29) is 0 Å². The molecule has 2 saturated heterocycles. The molecular weight excluding hydrogens is 454 g/mol. The molecule has 0 N–H and O–H groups in total. The summed E-state index contributed by atoms with van der Waals surface area (Å²) in [6.45, 7) is 9.04. The van der Waals surface area contributed by atoms with Crippen LogP contribution in [0.5, 0.6) is 11.5 Å². The Morgan fingerprint density at radius 3 is 2.35 bits per heavy atom. The standard InChI is InChI=1S/C25H33N3O5S/c29-34(30,28-13-16-31-17-14-28)24-4-2-23(3-5-24)32-18-12-26-8-10-27(11-9-26)20-21-1-6-25-22(19-21)7-15-33-25/h1-6,19H,7-18,20H2. The lowest BCUT2D eigenvalue weighted by Crippen LogP contribution is -2.47. The molecule has 0 bridgehead atoms. The number of fused-ring (bicyclic) bond motifs is 1. The van der Waals surface area contributed by atoms with Crippen molar-refractivity contribution in [3.63, 3.8) is 0 Å². The topological polar surface area (TPSA) is 71.6 Å². The maximum absolute atomic E-state index is 12.7. The molecule has 5 rings (SSSR count). The fourth-order valence-corrected chi connectivity index (χ4v) is 6.11. The van der Waals surface area contributed by atoms with E-state index in [1.807, 2.05) is 0 Å². The first-order valence-corrected chi connectivity index (χ1v) is 13.5. The number of hydrogen-bond donors (Lipinski definition) is 0. The van der Waals surface area contributed by atoms with E-state index in [1.54, 1.807) is 24.3 Å². The number of morpholine rings is 1. The normalized spacial score (nSPS) is 20.1. The molecule has 8 nitrogen and oxygen atoms in total. The van der Waals surface area contributed by atoms with Crippen molar-refractivity contribution in [1.29, 1.82) is 0 Å². The number of benzene rings is 2. The van der Waals surface area contributed by atoms with Gasteiger partial charge in [-0.3, -0.25) is 9.80 Å². The van der Waals surface area contributed by atoms with Crippen molar-refractivity contribution in [1.82, 2.24) is 14.1 Å². The third kappa shape index (κ3) is 5.55. The molecule has 2 aromatic carbocycles. The highest BCUT2D eigenvalue weighted by atomic mass is 32.2. The summed E-state index contributed by atoms with van der Waals surface area (Å²) in [5.41, 5.74) is 2.69. The van der Waals surface area contributed by atoms with Crippen LogP contribution in [0.3, 0.4) is 0 Å². The van der Waals surface area contributed by atoms with E-state index in [1.165, 1.54) is 15.4 Å². The first-order valence-electron chi connectivity index (χ1n) is 12.1. The van der Waals surface area contributed by atoms with Crippen LogP contribution >= 0.6 is 0 Å². The van der Waals surface area contributed by atoms with Gasteiger partial charge in [-0.05, 0) is 41.5 Å². The van der Waals surface area contributed by atoms with Gasteiger partial charge in [0, 0.05) is 58.8 Å². The molecular formula is C25H33N3O5S. The third-order valence-electron chi connectivity index (χ3n) is 6.73. The van der Waals surface area contributed by atoms with Crippen LogP contribution in [0.1, 0.15) is 11.1 Å². The van der Waals surface area contributed by atoms with Crippen molar-refractivity contribution in [3.05, 3.63) is 53.6 Å². The highest BCUT2D eigenvalue weighted by molar-refractivity contribution is 7.89. The zero-order valence-corrected chi connectivity index (χ0v) is 20.3. The van der Waals surface area contributed by atoms with Gasteiger partial charge in [0.2, 0.25) is 10.0 Å². The van der Waals surface area contributed by atoms with Crippen LogP contribution in [0, 0.1) is 0 Å². The predicted octanol–water partition coefficient (Wildman–Crippen LogP) is 1.84. The van der Waals surface area contributed by atoms with Crippen LogP contribution in [0.2, 0.25) is 0 Å².